The van der Waals surface area contributed by atoms with Crippen LogP contribution < -0.4 is 0 Å². The number of rotatable bonds is 0. The molecule has 0 aromatic heterocycles. The lowest BCUT2D eigenvalue weighted by Gasteiger charge is -2.20. The van der Waals surface area contributed by atoms with Gasteiger partial charge < -0.3 is 4.74 Å². The van der Waals surface area contributed by atoms with Gasteiger partial charge in [0.15, 0.2) is 0 Å². The standard InChI is InChI=1S/C12H18Br2O/c13-9-5-3-1-2-4-6-10(14)12-8-7-11(9)15-12/h1-2,9-12H,3-8H2/b2-1-. The van der Waals surface area contributed by atoms with Crippen molar-refractivity contribution in [2.45, 2.75) is 60.4 Å². The largest absolute Gasteiger partial charge is 0.373 e. The Morgan fingerprint density at radius 2 is 1.27 bits per heavy atom. The second-order valence-electron chi connectivity index (χ2n) is 4.45. The summed E-state index contributed by atoms with van der Waals surface area (Å²) in [6, 6.07) is 0. The molecule has 2 rings (SSSR count). The zero-order valence-electron chi connectivity index (χ0n) is 8.87. The van der Waals surface area contributed by atoms with Gasteiger partial charge in [0.25, 0.3) is 0 Å². The van der Waals surface area contributed by atoms with Gasteiger partial charge in [0.2, 0.25) is 0 Å². The molecular weight excluding hydrogens is 320 g/mol. The molecule has 0 spiro atoms. The summed E-state index contributed by atoms with van der Waals surface area (Å²) in [4.78, 5) is 1.06. The zero-order chi connectivity index (χ0) is 10.7. The van der Waals surface area contributed by atoms with Crippen LogP contribution in [-0.4, -0.2) is 21.9 Å². The van der Waals surface area contributed by atoms with E-state index in [0.717, 1.165) is 0 Å². The molecule has 15 heavy (non-hydrogen) atoms. The molecule has 3 heteroatoms. The number of allylic oxidation sites excluding steroid dienone is 2. The van der Waals surface area contributed by atoms with Gasteiger partial charge in [0.05, 0.1) is 12.2 Å². The number of alkyl halides is 2. The molecular formula is C12H18Br2O. The van der Waals surface area contributed by atoms with E-state index < -0.39 is 0 Å². The van der Waals surface area contributed by atoms with Gasteiger partial charge in [0.1, 0.15) is 0 Å². The van der Waals surface area contributed by atoms with Crippen molar-refractivity contribution in [3.8, 4) is 0 Å². The highest BCUT2D eigenvalue weighted by molar-refractivity contribution is 9.09. The van der Waals surface area contributed by atoms with Crippen LogP contribution in [0.15, 0.2) is 12.2 Å². The molecule has 2 aliphatic rings. The van der Waals surface area contributed by atoms with Crippen molar-refractivity contribution < 1.29 is 4.74 Å². The highest BCUT2D eigenvalue weighted by Crippen LogP contribution is 2.33. The minimum atomic E-state index is 0.432. The van der Waals surface area contributed by atoms with E-state index in [4.69, 9.17) is 4.74 Å². The molecule has 0 aromatic rings. The SMILES string of the molecule is BrC1CC/C=C\CCC(Br)C2CCC1O2. The highest BCUT2D eigenvalue weighted by Gasteiger charge is 2.33. The predicted octanol–water partition coefficient (Wildman–Crippen LogP) is 4.19. The summed E-state index contributed by atoms with van der Waals surface area (Å²) in [6.45, 7) is 0. The van der Waals surface area contributed by atoms with Crippen molar-refractivity contribution in [2.24, 2.45) is 0 Å². The third-order valence-corrected chi connectivity index (χ3v) is 5.37. The molecule has 2 aliphatic heterocycles. The van der Waals surface area contributed by atoms with E-state index in [1.165, 1.54) is 38.5 Å². The minimum Gasteiger partial charge on any atom is -0.373 e. The number of fused-ring (bicyclic) bond motifs is 2. The van der Waals surface area contributed by atoms with Crippen molar-refractivity contribution in [1.82, 2.24) is 0 Å². The lowest BCUT2D eigenvalue weighted by Crippen LogP contribution is -2.25. The highest BCUT2D eigenvalue weighted by atomic mass is 79.9. The molecule has 0 N–H and O–H groups in total. The number of hydrogen-bond donors (Lipinski definition) is 0. The third-order valence-electron chi connectivity index (χ3n) is 3.28. The Hall–Kier alpha value is 0.660. The summed E-state index contributed by atoms with van der Waals surface area (Å²) in [5, 5.41) is 0. The molecule has 86 valence electrons. The number of hydrogen-bond acceptors (Lipinski definition) is 1. The van der Waals surface area contributed by atoms with Gasteiger partial charge in [-0.2, -0.15) is 0 Å². The van der Waals surface area contributed by atoms with Gasteiger partial charge >= 0.3 is 0 Å². The molecule has 1 fully saturated rings. The average Bonchev–Trinajstić information content (AvgIpc) is 2.69. The smallest absolute Gasteiger partial charge is 0.0705 e. The fourth-order valence-electron chi connectivity index (χ4n) is 2.34. The van der Waals surface area contributed by atoms with Gasteiger partial charge in [-0.3, -0.25) is 0 Å². The Labute approximate surface area is 109 Å². The molecule has 0 saturated carbocycles. The van der Waals surface area contributed by atoms with E-state index in [1.54, 1.807) is 0 Å². The van der Waals surface area contributed by atoms with Crippen molar-refractivity contribution in [1.29, 1.82) is 0 Å². The summed E-state index contributed by atoms with van der Waals surface area (Å²) < 4.78 is 6.10. The first-order chi connectivity index (χ1) is 7.27. The van der Waals surface area contributed by atoms with Crippen LogP contribution in [0.25, 0.3) is 0 Å². The van der Waals surface area contributed by atoms with Crippen LogP contribution in [0.5, 0.6) is 0 Å². The number of halogens is 2. The molecule has 0 aliphatic carbocycles. The van der Waals surface area contributed by atoms with Crippen molar-refractivity contribution in [3.05, 3.63) is 12.2 Å². The normalized spacial score (nSPS) is 44.7. The zero-order valence-corrected chi connectivity index (χ0v) is 12.0. The summed E-state index contributed by atoms with van der Waals surface area (Å²) in [7, 11) is 0. The van der Waals surface area contributed by atoms with Crippen LogP contribution in [0, 0.1) is 0 Å². The van der Waals surface area contributed by atoms with Crippen LogP contribution in [0.1, 0.15) is 38.5 Å². The lowest BCUT2D eigenvalue weighted by atomic mass is 10.0. The molecule has 0 amide bonds. The fourth-order valence-corrected chi connectivity index (χ4v) is 3.65. The topological polar surface area (TPSA) is 9.23 Å². The van der Waals surface area contributed by atoms with E-state index in [-0.39, 0.29) is 0 Å². The van der Waals surface area contributed by atoms with Gasteiger partial charge in [-0.05, 0) is 38.5 Å². The second-order valence-corrected chi connectivity index (χ2v) is 6.80. The van der Waals surface area contributed by atoms with E-state index in [1.807, 2.05) is 0 Å². The first-order valence-corrected chi connectivity index (χ1v) is 7.69. The molecule has 1 nitrogen and oxygen atoms in total. The van der Waals surface area contributed by atoms with Crippen LogP contribution in [0.2, 0.25) is 0 Å². The average molecular weight is 338 g/mol. The minimum absolute atomic E-state index is 0.432. The van der Waals surface area contributed by atoms with E-state index >= 15 is 0 Å². The molecule has 2 heterocycles. The molecule has 0 aromatic carbocycles. The Bertz CT molecular complexity index is 208. The van der Waals surface area contributed by atoms with Gasteiger partial charge in [-0.1, -0.05) is 44.0 Å². The van der Waals surface area contributed by atoms with E-state index in [9.17, 15) is 0 Å². The van der Waals surface area contributed by atoms with Crippen molar-refractivity contribution >= 4 is 31.9 Å². The summed E-state index contributed by atoms with van der Waals surface area (Å²) >= 11 is 7.52. The molecule has 4 atom stereocenters. The Kier molecular flexibility index (Phi) is 4.71. The van der Waals surface area contributed by atoms with Gasteiger partial charge in [0, 0.05) is 9.65 Å². The predicted molar refractivity (Wildman–Crippen MR) is 70.9 cm³/mol. The fraction of sp³-hybridized carbons (Fsp3) is 0.833. The van der Waals surface area contributed by atoms with Crippen LogP contribution in [0.3, 0.4) is 0 Å². The van der Waals surface area contributed by atoms with Crippen LogP contribution in [-0.2, 0) is 4.74 Å². The van der Waals surface area contributed by atoms with E-state index in [2.05, 4.69) is 44.0 Å². The number of ether oxygens (including phenoxy) is 1. The van der Waals surface area contributed by atoms with Crippen LogP contribution in [0.4, 0.5) is 0 Å². The first kappa shape index (κ1) is 12.1. The summed E-state index contributed by atoms with van der Waals surface area (Å²) in [5.74, 6) is 0. The van der Waals surface area contributed by atoms with Crippen molar-refractivity contribution in [3.63, 3.8) is 0 Å². The molecule has 2 bridgehead atoms. The quantitative estimate of drug-likeness (QED) is 0.475. The van der Waals surface area contributed by atoms with Crippen molar-refractivity contribution in [2.75, 3.05) is 0 Å². The van der Waals surface area contributed by atoms with Crippen LogP contribution >= 0.6 is 31.9 Å². The maximum atomic E-state index is 6.10. The van der Waals surface area contributed by atoms with E-state index in [0.29, 0.717) is 21.9 Å². The van der Waals surface area contributed by atoms with Gasteiger partial charge in [-0.15, -0.1) is 0 Å². The molecule has 0 radical (unpaired) electrons. The lowest BCUT2D eigenvalue weighted by molar-refractivity contribution is 0.0434. The Balaban J connectivity index is 1.99. The second kappa shape index (κ2) is 5.83. The maximum Gasteiger partial charge on any atom is 0.0705 e. The van der Waals surface area contributed by atoms with Gasteiger partial charge in [-0.25, -0.2) is 0 Å². The molecule has 4 unspecified atom stereocenters. The molecule has 1 saturated heterocycles. The Morgan fingerprint density at radius 3 is 1.73 bits per heavy atom. The monoisotopic (exact) mass is 336 g/mol. The summed E-state index contributed by atoms with van der Waals surface area (Å²) in [6.07, 6.45) is 12.7. The third kappa shape index (κ3) is 3.31. The summed E-state index contributed by atoms with van der Waals surface area (Å²) in [5.41, 5.74) is 0. The maximum absolute atomic E-state index is 6.10. The first-order valence-electron chi connectivity index (χ1n) is 5.86. The Morgan fingerprint density at radius 1 is 0.800 bits per heavy atom.